The van der Waals surface area contributed by atoms with Gasteiger partial charge in [-0.05, 0) is 6.92 Å². The van der Waals surface area contributed by atoms with Gasteiger partial charge in [-0.15, -0.1) is 0 Å². The van der Waals surface area contributed by atoms with E-state index < -0.39 is 11.1 Å². The number of hydrogen-bond donors (Lipinski definition) is 0. The number of rotatable bonds is 1. The number of alkyl halides is 4. The van der Waals surface area contributed by atoms with E-state index in [4.69, 9.17) is 0 Å². The van der Waals surface area contributed by atoms with Crippen LogP contribution in [0.15, 0.2) is 0 Å². The first-order valence-corrected chi connectivity index (χ1v) is 2.38. The Hall–Kier alpha value is 0.0800. The average Bonchev–Trinajstić information content (AvgIpc) is 1.25. The summed E-state index contributed by atoms with van der Waals surface area (Å²) in [4.78, 5) is 0. The summed E-state index contributed by atoms with van der Waals surface area (Å²) in [7, 11) is 0. The summed E-state index contributed by atoms with van der Waals surface area (Å²) in [6.45, 7) is 1.05. The van der Waals surface area contributed by atoms with Crippen molar-refractivity contribution < 1.29 is 13.2 Å². The normalized spacial score (nSPS) is 20.2. The summed E-state index contributed by atoms with van der Waals surface area (Å²) in [5.74, 6) is -3.46. The lowest BCUT2D eigenvalue weighted by molar-refractivity contribution is -0.0695. The van der Waals surface area contributed by atoms with E-state index >= 15 is 0 Å². The summed E-state index contributed by atoms with van der Waals surface area (Å²) in [5, 5.41) is -2.92. The van der Waals surface area contributed by atoms with E-state index in [0.29, 0.717) is 13.8 Å². The van der Waals surface area contributed by atoms with Gasteiger partial charge in [-0.1, -0.05) is 11.6 Å². The van der Waals surface area contributed by atoms with E-state index in [1.54, 1.807) is 0 Å². The summed E-state index contributed by atoms with van der Waals surface area (Å²) >= 11 is 4.59. The molecule has 0 aliphatic heterocycles. The van der Waals surface area contributed by atoms with Crippen molar-refractivity contribution in [1.82, 2.24) is 0 Å². The third-order valence-corrected chi connectivity index (χ3v) is 1.10. The maximum atomic E-state index is 11.9. The highest BCUT2D eigenvalue weighted by atomic mass is 35.5. The Morgan fingerprint density at radius 2 is 1.25 bits per heavy atom. The van der Waals surface area contributed by atoms with Crippen LogP contribution in [0.25, 0.3) is 0 Å². The van der Waals surface area contributed by atoms with E-state index in [2.05, 4.69) is 11.6 Å². The predicted molar refractivity (Wildman–Crippen MR) is 26.0 cm³/mol. The molecule has 0 rings (SSSR count). The smallest absolute Gasteiger partial charge is 0.220 e. The molecule has 0 spiro atoms. The van der Waals surface area contributed by atoms with Gasteiger partial charge in [-0.3, -0.25) is 0 Å². The lowest BCUT2D eigenvalue weighted by Crippen LogP contribution is -2.32. The minimum atomic E-state index is -3.46. The van der Waals surface area contributed by atoms with Gasteiger partial charge in [0, 0.05) is 6.92 Å². The topological polar surface area (TPSA) is 0 Å². The highest BCUT2D eigenvalue weighted by Gasteiger charge is 2.44. The van der Waals surface area contributed by atoms with Crippen molar-refractivity contribution in [2.24, 2.45) is 0 Å². The van der Waals surface area contributed by atoms with Crippen molar-refractivity contribution in [1.29, 1.82) is 0 Å². The Balaban J connectivity index is 4.02. The number of hydrogen-bond acceptors (Lipinski definition) is 0. The SMILES string of the molecule is CC(F)(F)C(C)(F)Cl. The summed E-state index contributed by atoms with van der Waals surface area (Å²) < 4.78 is 35.4. The molecule has 0 N–H and O–H groups in total. The second-order valence-corrected chi connectivity index (χ2v) is 2.49. The molecule has 0 aromatic carbocycles. The largest absolute Gasteiger partial charge is 0.292 e. The molecule has 0 heterocycles. The maximum absolute atomic E-state index is 11.9. The van der Waals surface area contributed by atoms with Crippen LogP contribution in [0.1, 0.15) is 13.8 Å². The minimum absolute atomic E-state index is 0.431. The van der Waals surface area contributed by atoms with Crippen molar-refractivity contribution in [3.8, 4) is 0 Å². The molecule has 0 bridgehead atoms. The van der Waals surface area contributed by atoms with Crippen LogP contribution in [-0.2, 0) is 0 Å². The molecule has 0 saturated heterocycles. The second kappa shape index (κ2) is 1.79. The van der Waals surface area contributed by atoms with Crippen LogP contribution in [0.5, 0.6) is 0 Å². The van der Waals surface area contributed by atoms with Crippen LogP contribution in [-0.4, -0.2) is 11.1 Å². The molecule has 1 unspecified atom stereocenters. The van der Waals surface area contributed by atoms with Gasteiger partial charge in [0.1, 0.15) is 0 Å². The van der Waals surface area contributed by atoms with Gasteiger partial charge in [0.05, 0.1) is 0 Å². The molecule has 1 atom stereocenters. The van der Waals surface area contributed by atoms with Gasteiger partial charge >= 0.3 is 0 Å². The molecule has 0 aromatic rings. The second-order valence-electron chi connectivity index (χ2n) is 1.78. The highest BCUT2D eigenvalue weighted by Crippen LogP contribution is 2.34. The molecular formula is C4H6ClF3. The Kier molecular flexibility index (Phi) is 1.81. The van der Waals surface area contributed by atoms with Gasteiger partial charge < -0.3 is 0 Å². The van der Waals surface area contributed by atoms with Gasteiger partial charge in [-0.25, -0.2) is 13.2 Å². The zero-order valence-corrected chi connectivity index (χ0v) is 5.27. The molecule has 0 aliphatic rings. The predicted octanol–water partition coefficient (Wildman–Crippen LogP) is 2.57. The van der Waals surface area contributed by atoms with Gasteiger partial charge in [-0.2, -0.15) is 0 Å². The molecule has 50 valence electrons. The monoisotopic (exact) mass is 146 g/mol. The van der Waals surface area contributed by atoms with Crippen molar-refractivity contribution in [2.75, 3.05) is 0 Å². The maximum Gasteiger partial charge on any atom is 0.292 e. The third-order valence-electron chi connectivity index (χ3n) is 0.771. The van der Waals surface area contributed by atoms with Gasteiger partial charge in [0.2, 0.25) is 5.13 Å². The van der Waals surface area contributed by atoms with Crippen LogP contribution in [0, 0.1) is 0 Å². The van der Waals surface area contributed by atoms with E-state index in [-0.39, 0.29) is 0 Å². The van der Waals surface area contributed by atoms with E-state index in [0.717, 1.165) is 0 Å². The summed E-state index contributed by atoms with van der Waals surface area (Å²) in [6, 6.07) is 0. The zero-order valence-electron chi connectivity index (χ0n) is 4.51. The minimum Gasteiger partial charge on any atom is -0.220 e. The quantitative estimate of drug-likeness (QED) is 0.499. The van der Waals surface area contributed by atoms with Crippen LogP contribution in [0.4, 0.5) is 13.2 Å². The molecule has 0 aliphatic carbocycles. The number of halogens is 4. The molecule has 0 saturated carbocycles. The van der Waals surface area contributed by atoms with E-state index in [9.17, 15) is 13.2 Å². The van der Waals surface area contributed by atoms with E-state index in [1.807, 2.05) is 0 Å². The molecule has 0 radical (unpaired) electrons. The Morgan fingerprint density at radius 3 is 1.25 bits per heavy atom. The van der Waals surface area contributed by atoms with Crippen LogP contribution in [0.2, 0.25) is 0 Å². The van der Waals surface area contributed by atoms with Crippen molar-refractivity contribution in [3.05, 3.63) is 0 Å². The van der Waals surface area contributed by atoms with Crippen LogP contribution in [0.3, 0.4) is 0 Å². The molecule has 0 aromatic heterocycles. The standard InChI is InChI=1S/C4H6ClF3/c1-3(5,6)4(2,7)8/h1-2H3. The first-order valence-electron chi connectivity index (χ1n) is 2.01. The van der Waals surface area contributed by atoms with Crippen molar-refractivity contribution in [3.63, 3.8) is 0 Å². The molecular weight excluding hydrogens is 140 g/mol. The van der Waals surface area contributed by atoms with E-state index in [1.165, 1.54) is 0 Å². The Bertz CT molecular complexity index is 66.3. The lowest BCUT2D eigenvalue weighted by atomic mass is 10.3. The summed E-state index contributed by atoms with van der Waals surface area (Å²) in [5.41, 5.74) is 0. The molecule has 4 heteroatoms. The van der Waals surface area contributed by atoms with Crippen molar-refractivity contribution in [2.45, 2.75) is 24.9 Å². The highest BCUT2D eigenvalue weighted by molar-refractivity contribution is 6.23. The van der Waals surface area contributed by atoms with Crippen LogP contribution >= 0.6 is 11.6 Å². The molecule has 0 fully saturated rings. The lowest BCUT2D eigenvalue weighted by Gasteiger charge is -2.18. The van der Waals surface area contributed by atoms with Crippen LogP contribution < -0.4 is 0 Å². The Labute approximate surface area is 50.6 Å². The first-order chi connectivity index (χ1) is 3.25. The zero-order chi connectivity index (χ0) is 7.00. The third kappa shape index (κ3) is 1.90. The fraction of sp³-hybridized carbons (Fsp3) is 1.00. The Morgan fingerprint density at radius 1 is 1.12 bits per heavy atom. The van der Waals surface area contributed by atoms with Crippen molar-refractivity contribution >= 4 is 11.6 Å². The van der Waals surface area contributed by atoms with Gasteiger partial charge in [0.25, 0.3) is 5.92 Å². The fourth-order valence-corrected chi connectivity index (χ4v) is 0. The molecule has 0 nitrogen and oxygen atoms in total. The first kappa shape index (κ1) is 8.08. The van der Waals surface area contributed by atoms with Gasteiger partial charge in [0.15, 0.2) is 0 Å². The average molecular weight is 147 g/mol. The molecule has 0 amide bonds. The summed E-state index contributed by atoms with van der Waals surface area (Å²) in [6.07, 6.45) is 0. The molecule has 8 heavy (non-hydrogen) atoms. The fourth-order valence-electron chi connectivity index (χ4n) is 0.